The van der Waals surface area contributed by atoms with Crippen LogP contribution in [-0.2, 0) is 4.79 Å². The van der Waals surface area contributed by atoms with Crippen molar-refractivity contribution in [1.82, 2.24) is 10.2 Å². The van der Waals surface area contributed by atoms with Crippen molar-refractivity contribution in [2.45, 2.75) is 96.1 Å². The number of aliphatic hydroxyl groups excluding tert-OH is 1. The predicted octanol–water partition coefficient (Wildman–Crippen LogP) is 3.53. The number of nitrogens with one attached hydrogen (secondary N) is 1. The number of carboxylic acids is 1. The maximum Gasteiger partial charge on any atom is 0.317 e. The predicted molar refractivity (Wildman–Crippen MR) is 98.6 cm³/mol. The number of nitrogens with zero attached hydrogens (tertiary/aromatic N) is 1. The molecule has 6 nitrogen and oxygen atoms in total. The number of carbonyl (C=O) groups excluding carboxylic acids is 1. The number of carboxylic acid groups (broad SMARTS) is 1. The molecule has 1 heterocycles. The molecule has 0 bridgehead atoms. The molecule has 6 heteroatoms. The van der Waals surface area contributed by atoms with Crippen LogP contribution in [0.1, 0.15) is 84.0 Å². The van der Waals surface area contributed by atoms with Crippen LogP contribution in [0.4, 0.5) is 4.79 Å². The van der Waals surface area contributed by atoms with E-state index in [0.29, 0.717) is 19.5 Å². The van der Waals surface area contributed by atoms with Crippen molar-refractivity contribution < 1.29 is 19.8 Å². The van der Waals surface area contributed by atoms with E-state index in [1.807, 2.05) is 4.90 Å². The summed E-state index contributed by atoms with van der Waals surface area (Å²) in [6.45, 7) is 3.47. The minimum Gasteiger partial charge on any atom is -0.481 e. The molecule has 1 aliphatic heterocycles. The summed E-state index contributed by atoms with van der Waals surface area (Å²) in [5.41, 5.74) is 0. The van der Waals surface area contributed by atoms with E-state index in [1.54, 1.807) is 0 Å². The average Bonchev–Trinajstić information content (AvgIpc) is 2.92. The van der Waals surface area contributed by atoms with Crippen molar-refractivity contribution in [3.05, 3.63) is 0 Å². The van der Waals surface area contributed by atoms with E-state index in [2.05, 4.69) is 12.2 Å². The molecular weight excluding hydrogens is 320 g/mol. The highest BCUT2D eigenvalue weighted by Crippen LogP contribution is 2.17. The summed E-state index contributed by atoms with van der Waals surface area (Å²) in [6.07, 6.45) is 10.6. The van der Waals surface area contributed by atoms with Gasteiger partial charge in [-0.2, -0.15) is 0 Å². The summed E-state index contributed by atoms with van der Waals surface area (Å²) < 4.78 is 0. The quantitative estimate of drug-likeness (QED) is 0.392. The Kier molecular flexibility index (Phi) is 11.3. The van der Waals surface area contributed by atoms with Gasteiger partial charge in [0.15, 0.2) is 0 Å². The van der Waals surface area contributed by atoms with Gasteiger partial charge in [0.25, 0.3) is 0 Å². The second-order valence-corrected chi connectivity index (χ2v) is 7.17. The van der Waals surface area contributed by atoms with Gasteiger partial charge in [0, 0.05) is 19.5 Å². The molecule has 3 N–H and O–H groups in total. The van der Waals surface area contributed by atoms with Crippen molar-refractivity contribution in [1.29, 1.82) is 0 Å². The molecule has 2 unspecified atom stereocenters. The summed E-state index contributed by atoms with van der Waals surface area (Å²) in [5, 5.41) is 21.6. The van der Waals surface area contributed by atoms with Gasteiger partial charge in [0.05, 0.1) is 12.1 Å². The second kappa shape index (κ2) is 13.0. The van der Waals surface area contributed by atoms with Gasteiger partial charge in [-0.1, -0.05) is 51.9 Å². The van der Waals surface area contributed by atoms with E-state index in [-0.39, 0.29) is 24.6 Å². The van der Waals surface area contributed by atoms with Crippen LogP contribution in [0.15, 0.2) is 0 Å². The number of aliphatic hydroxyl groups is 1. The van der Waals surface area contributed by atoms with Crippen LogP contribution in [0.2, 0.25) is 0 Å². The molecule has 146 valence electrons. The number of amides is 2. The fourth-order valence-electron chi connectivity index (χ4n) is 3.37. The molecule has 2 atom stereocenters. The van der Waals surface area contributed by atoms with Crippen molar-refractivity contribution >= 4 is 12.0 Å². The van der Waals surface area contributed by atoms with E-state index >= 15 is 0 Å². The Morgan fingerprint density at radius 2 is 1.88 bits per heavy atom. The van der Waals surface area contributed by atoms with Crippen molar-refractivity contribution in [2.75, 3.05) is 13.1 Å². The molecule has 0 saturated carbocycles. The van der Waals surface area contributed by atoms with Crippen LogP contribution >= 0.6 is 0 Å². The molecular formula is C19H36N2O4. The van der Waals surface area contributed by atoms with Gasteiger partial charge in [-0.15, -0.1) is 0 Å². The zero-order valence-electron chi connectivity index (χ0n) is 15.7. The Balaban J connectivity index is 2.17. The number of unbranched alkanes of at least 4 members (excludes halogenated alkanes) is 6. The van der Waals surface area contributed by atoms with Gasteiger partial charge in [-0.25, -0.2) is 4.79 Å². The molecule has 1 saturated heterocycles. The highest BCUT2D eigenvalue weighted by atomic mass is 16.4. The number of aliphatic carboxylic acids is 1. The van der Waals surface area contributed by atoms with E-state index in [4.69, 9.17) is 5.11 Å². The lowest BCUT2D eigenvalue weighted by atomic mass is 10.0. The van der Waals surface area contributed by atoms with E-state index < -0.39 is 5.97 Å². The van der Waals surface area contributed by atoms with Gasteiger partial charge >= 0.3 is 12.0 Å². The highest BCUT2D eigenvalue weighted by molar-refractivity contribution is 5.76. The molecule has 1 fully saturated rings. The van der Waals surface area contributed by atoms with Gasteiger partial charge < -0.3 is 20.4 Å². The lowest BCUT2D eigenvalue weighted by Gasteiger charge is -2.24. The highest BCUT2D eigenvalue weighted by Gasteiger charge is 2.29. The maximum atomic E-state index is 12.0. The fourth-order valence-corrected chi connectivity index (χ4v) is 3.37. The van der Waals surface area contributed by atoms with E-state index in [0.717, 1.165) is 44.9 Å². The van der Waals surface area contributed by atoms with Gasteiger partial charge in [0.2, 0.25) is 0 Å². The molecule has 2 amide bonds. The molecule has 0 radical (unpaired) electrons. The summed E-state index contributed by atoms with van der Waals surface area (Å²) in [6, 6.07) is 0.188. The number of rotatable bonds is 15. The monoisotopic (exact) mass is 356 g/mol. The first-order chi connectivity index (χ1) is 12.0. The summed E-state index contributed by atoms with van der Waals surface area (Å²) in [7, 11) is 0. The average molecular weight is 357 g/mol. The molecule has 1 aliphatic rings. The van der Waals surface area contributed by atoms with Crippen LogP contribution in [-0.4, -0.2) is 52.3 Å². The Morgan fingerprint density at radius 1 is 1.16 bits per heavy atom. The Bertz CT molecular complexity index is 390. The SMILES string of the molecule is CCCCCCC(O)CCN1C(=O)NCC1CCCCCCC(=O)O. The van der Waals surface area contributed by atoms with Crippen molar-refractivity contribution in [2.24, 2.45) is 0 Å². The molecule has 0 aromatic carbocycles. The number of hydrogen-bond donors (Lipinski definition) is 3. The molecule has 1 rings (SSSR count). The number of hydrogen-bond acceptors (Lipinski definition) is 3. The normalized spacial score (nSPS) is 18.4. The second-order valence-electron chi connectivity index (χ2n) is 7.17. The lowest BCUT2D eigenvalue weighted by molar-refractivity contribution is -0.137. The summed E-state index contributed by atoms with van der Waals surface area (Å²) in [5.74, 6) is -0.731. The minimum atomic E-state index is -0.731. The van der Waals surface area contributed by atoms with E-state index in [9.17, 15) is 14.7 Å². The summed E-state index contributed by atoms with van der Waals surface area (Å²) >= 11 is 0. The third-order valence-electron chi connectivity index (χ3n) is 4.96. The standard InChI is InChI=1S/C19H36N2O4/c1-2-3-4-8-11-17(22)13-14-21-16(15-20-19(21)25)10-7-5-6-9-12-18(23)24/h16-17,22H,2-15H2,1H3,(H,20,25)(H,23,24). The zero-order chi connectivity index (χ0) is 18.5. The molecule has 25 heavy (non-hydrogen) atoms. The fraction of sp³-hybridized carbons (Fsp3) is 0.895. The third-order valence-corrected chi connectivity index (χ3v) is 4.96. The molecule has 0 spiro atoms. The largest absolute Gasteiger partial charge is 0.481 e. The Morgan fingerprint density at radius 3 is 2.60 bits per heavy atom. The molecule has 0 aromatic heterocycles. The van der Waals surface area contributed by atoms with Gasteiger partial charge in [-0.05, 0) is 25.7 Å². The maximum absolute atomic E-state index is 12.0. The van der Waals surface area contributed by atoms with Crippen molar-refractivity contribution in [3.8, 4) is 0 Å². The number of carbonyl (C=O) groups is 2. The first kappa shape index (κ1) is 21.7. The van der Waals surface area contributed by atoms with Gasteiger partial charge in [0.1, 0.15) is 0 Å². The Labute approximate surface area is 152 Å². The van der Waals surface area contributed by atoms with Crippen LogP contribution in [0.3, 0.4) is 0 Å². The first-order valence-corrected chi connectivity index (χ1v) is 9.99. The summed E-state index contributed by atoms with van der Waals surface area (Å²) in [4.78, 5) is 24.3. The van der Waals surface area contributed by atoms with Crippen LogP contribution in [0.25, 0.3) is 0 Å². The number of urea groups is 1. The first-order valence-electron chi connectivity index (χ1n) is 9.99. The lowest BCUT2D eigenvalue weighted by Crippen LogP contribution is -2.36. The van der Waals surface area contributed by atoms with Gasteiger partial charge in [-0.3, -0.25) is 4.79 Å². The zero-order valence-corrected chi connectivity index (χ0v) is 15.7. The minimum absolute atomic E-state index is 0.0194. The molecule has 0 aliphatic carbocycles. The van der Waals surface area contributed by atoms with E-state index in [1.165, 1.54) is 19.3 Å². The topological polar surface area (TPSA) is 89.9 Å². The Hall–Kier alpha value is -1.30. The van der Waals surface area contributed by atoms with Crippen LogP contribution in [0.5, 0.6) is 0 Å². The van der Waals surface area contributed by atoms with Crippen LogP contribution in [0, 0.1) is 0 Å². The molecule has 0 aromatic rings. The van der Waals surface area contributed by atoms with Crippen molar-refractivity contribution in [3.63, 3.8) is 0 Å². The smallest absolute Gasteiger partial charge is 0.317 e. The van der Waals surface area contributed by atoms with Crippen LogP contribution < -0.4 is 5.32 Å². The third kappa shape index (κ3) is 9.68.